The summed E-state index contributed by atoms with van der Waals surface area (Å²) in [4.78, 5) is 17.0. The zero-order valence-corrected chi connectivity index (χ0v) is 14.1. The Morgan fingerprint density at radius 3 is 2.54 bits per heavy atom. The molecule has 3 rings (SSSR count). The van der Waals surface area contributed by atoms with Crippen molar-refractivity contribution < 1.29 is 9.53 Å². The largest absolute Gasteiger partial charge is 0.497 e. The van der Waals surface area contributed by atoms with Gasteiger partial charge in [-0.05, 0) is 50.2 Å². The maximum Gasteiger partial charge on any atom is 0.240 e. The van der Waals surface area contributed by atoms with Gasteiger partial charge >= 0.3 is 0 Å². The molecule has 1 amide bonds. The van der Waals surface area contributed by atoms with E-state index in [4.69, 9.17) is 9.72 Å². The van der Waals surface area contributed by atoms with Gasteiger partial charge in [0.2, 0.25) is 5.91 Å². The molecular weight excluding hydrogens is 302 g/mol. The Labute approximate surface area is 141 Å². The van der Waals surface area contributed by atoms with Crippen molar-refractivity contribution in [3.8, 4) is 17.1 Å². The molecule has 0 aliphatic carbocycles. The molecule has 0 aliphatic rings. The molecule has 24 heavy (non-hydrogen) atoms. The number of hydrogen-bond donors (Lipinski definition) is 1. The number of imidazole rings is 1. The molecule has 0 unspecified atom stereocenters. The second kappa shape index (κ2) is 6.74. The van der Waals surface area contributed by atoms with Crippen molar-refractivity contribution in [2.24, 2.45) is 0 Å². The van der Waals surface area contributed by atoms with Crippen LogP contribution in [0.25, 0.3) is 22.4 Å². The lowest BCUT2D eigenvalue weighted by molar-refractivity contribution is -0.122. The van der Waals surface area contributed by atoms with E-state index in [2.05, 4.69) is 5.32 Å². The van der Waals surface area contributed by atoms with E-state index in [1.54, 1.807) is 7.11 Å². The third kappa shape index (κ3) is 3.25. The molecule has 0 spiro atoms. The first-order valence-corrected chi connectivity index (χ1v) is 7.97. The zero-order chi connectivity index (χ0) is 17.1. The molecule has 5 nitrogen and oxygen atoms in total. The number of methoxy groups -OCH3 is 1. The number of fused-ring (bicyclic) bond motifs is 1. The number of para-hydroxylation sites is 2. The standard InChI is InChI=1S/C19H21N3O2/c1-13(2)20-18(23)12-22-17-7-5-4-6-16(17)21-19(22)14-8-10-15(24-3)11-9-14/h4-11,13H,12H2,1-3H3,(H,20,23). The molecule has 0 bridgehead atoms. The molecule has 0 fully saturated rings. The van der Waals surface area contributed by atoms with Crippen molar-refractivity contribution in [2.45, 2.75) is 26.4 Å². The van der Waals surface area contributed by atoms with Gasteiger partial charge in [0.15, 0.2) is 0 Å². The summed E-state index contributed by atoms with van der Waals surface area (Å²) in [5.74, 6) is 1.54. The molecule has 0 saturated carbocycles. The maximum absolute atomic E-state index is 12.3. The predicted octanol–water partition coefficient (Wildman–Crippen LogP) is 3.24. The molecular formula is C19H21N3O2. The number of amides is 1. The van der Waals surface area contributed by atoms with Gasteiger partial charge in [-0.25, -0.2) is 4.98 Å². The summed E-state index contributed by atoms with van der Waals surface area (Å²) in [5, 5.41) is 2.94. The number of ether oxygens (including phenoxy) is 1. The lowest BCUT2D eigenvalue weighted by Crippen LogP contribution is -2.33. The zero-order valence-electron chi connectivity index (χ0n) is 14.1. The highest BCUT2D eigenvalue weighted by atomic mass is 16.5. The van der Waals surface area contributed by atoms with Gasteiger partial charge in [-0.3, -0.25) is 4.79 Å². The third-order valence-corrected chi connectivity index (χ3v) is 3.75. The molecule has 0 radical (unpaired) electrons. The molecule has 3 aromatic rings. The Bertz CT molecular complexity index is 851. The van der Waals surface area contributed by atoms with Crippen LogP contribution in [0.3, 0.4) is 0 Å². The van der Waals surface area contributed by atoms with Crippen LogP contribution in [0.4, 0.5) is 0 Å². The van der Waals surface area contributed by atoms with E-state index >= 15 is 0 Å². The van der Waals surface area contributed by atoms with Crippen molar-refractivity contribution in [3.63, 3.8) is 0 Å². The molecule has 2 aromatic carbocycles. The monoisotopic (exact) mass is 323 g/mol. The number of hydrogen-bond acceptors (Lipinski definition) is 3. The molecule has 124 valence electrons. The van der Waals surface area contributed by atoms with E-state index < -0.39 is 0 Å². The Balaban J connectivity index is 2.05. The van der Waals surface area contributed by atoms with Crippen LogP contribution >= 0.6 is 0 Å². The smallest absolute Gasteiger partial charge is 0.240 e. The topological polar surface area (TPSA) is 56.2 Å². The van der Waals surface area contributed by atoms with Crippen LogP contribution in [-0.4, -0.2) is 28.6 Å². The Hall–Kier alpha value is -2.82. The van der Waals surface area contributed by atoms with Crippen molar-refractivity contribution in [3.05, 3.63) is 48.5 Å². The first-order valence-electron chi connectivity index (χ1n) is 7.97. The Kier molecular flexibility index (Phi) is 4.51. The van der Waals surface area contributed by atoms with Gasteiger partial charge in [0.05, 0.1) is 18.1 Å². The predicted molar refractivity (Wildman–Crippen MR) is 95.0 cm³/mol. The maximum atomic E-state index is 12.3. The molecule has 0 saturated heterocycles. The van der Waals surface area contributed by atoms with E-state index in [-0.39, 0.29) is 18.5 Å². The van der Waals surface area contributed by atoms with Crippen LogP contribution in [0.1, 0.15) is 13.8 Å². The SMILES string of the molecule is COc1ccc(-c2nc3ccccc3n2CC(=O)NC(C)C)cc1. The summed E-state index contributed by atoms with van der Waals surface area (Å²) in [6, 6.07) is 15.7. The van der Waals surface area contributed by atoms with E-state index in [0.29, 0.717) is 0 Å². The summed E-state index contributed by atoms with van der Waals surface area (Å²) in [7, 11) is 1.64. The average molecular weight is 323 g/mol. The van der Waals surface area contributed by atoms with Gasteiger partial charge in [-0.1, -0.05) is 12.1 Å². The number of nitrogens with one attached hydrogen (secondary N) is 1. The number of carbonyl (C=O) groups excluding carboxylic acids is 1. The van der Waals surface area contributed by atoms with E-state index in [9.17, 15) is 4.79 Å². The van der Waals surface area contributed by atoms with Gasteiger partial charge < -0.3 is 14.6 Å². The number of nitrogens with zero attached hydrogens (tertiary/aromatic N) is 2. The average Bonchev–Trinajstić information content (AvgIpc) is 2.93. The van der Waals surface area contributed by atoms with E-state index in [1.807, 2.05) is 66.9 Å². The van der Waals surface area contributed by atoms with Crippen LogP contribution in [0.2, 0.25) is 0 Å². The molecule has 1 N–H and O–H groups in total. The summed E-state index contributed by atoms with van der Waals surface area (Å²) in [6.45, 7) is 4.14. The highest BCUT2D eigenvalue weighted by Crippen LogP contribution is 2.26. The summed E-state index contributed by atoms with van der Waals surface area (Å²) < 4.78 is 7.16. The lowest BCUT2D eigenvalue weighted by atomic mass is 10.2. The van der Waals surface area contributed by atoms with E-state index in [0.717, 1.165) is 28.2 Å². The second-order valence-electron chi connectivity index (χ2n) is 5.96. The minimum absolute atomic E-state index is 0.0251. The summed E-state index contributed by atoms with van der Waals surface area (Å²) in [6.07, 6.45) is 0. The van der Waals surface area contributed by atoms with Gasteiger partial charge in [-0.15, -0.1) is 0 Å². The van der Waals surface area contributed by atoms with Crippen molar-refractivity contribution in [1.29, 1.82) is 0 Å². The van der Waals surface area contributed by atoms with Crippen LogP contribution in [0.15, 0.2) is 48.5 Å². The summed E-state index contributed by atoms with van der Waals surface area (Å²) in [5.41, 5.74) is 2.77. The number of rotatable bonds is 5. The van der Waals surface area contributed by atoms with E-state index in [1.165, 1.54) is 0 Å². The quantitative estimate of drug-likeness (QED) is 0.784. The Morgan fingerprint density at radius 1 is 1.17 bits per heavy atom. The van der Waals surface area contributed by atoms with Crippen LogP contribution in [0.5, 0.6) is 5.75 Å². The van der Waals surface area contributed by atoms with Gasteiger partial charge in [0.25, 0.3) is 0 Å². The van der Waals surface area contributed by atoms with Gasteiger partial charge in [0, 0.05) is 11.6 Å². The first kappa shape index (κ1) is 16.1. The minimum atomic E-state index is -0.0251. The van der Waals surface area contributed by atoms with Gasteiger partial charge in [0.1, 0.15) is 18.1 Å². The highest BCUT2D eigenvalue weighted by Gasteiger charge is 2.15. The fraction of sp³-hybridized carbons (Fsp3) is 0.263. The number of carbonyl (C=O) groups is 1. The van der Waals surface area contributed by atoms with Crippen LogP contribution in [-0.2, 0) is 11.3 Å². The number of benzene rings is 2. The van der Waals surface area contributed by atoms with Crippen molar-refractivity contribution in [2.75, 3.05) is 7.11 Å². The number of aromatic nitrogens is 2. The first-order chi connectivity index (χ1) is 11.6. The normalized spacial score (nSPS) is 11.0. The van der Waals surface area contributed by atoms with Crippen molar-refractivity contribution >= 4 is 16.9 Å². The summed E-state index contributed by atoms with van der Waals surface area (Å²) >= 11 is 0. The van der Waals surface area contributed by atoms with Crippen LogP contribution < -0.4 is 10.1 Å². The molecule has 1 heterocycles. The van der Waals surface area contributed by atoms with Crippen molar-refractivity contribution in [1.82, 2.24) is 14.9 Å². The third-order valence-electron chi connectivity index (χ3n) is 3.75. The second-order valence-corrected chi connectivity index (χ2v) is 5.96. The fourth-order valence-electron chi connectivity index (χ4n) is 2.71. The minimum Gasteiger partial charge on any atom is -0.497 e. The van der Waals surface area contributed by atoms with Crippen LogP contribution in [0, 0.1) is 0 Å². The molecule has 5 heteroatoms. The Morgan fingerprint density at radius 2 is 1.88 bits per heavy atom. The highest BCUT2D eigenvalue weighted by molar-refractivity contribution is 5.84. The van der Waals surface area contributed by atoms with Gasteiger partial charge in [-0.2, -0.15) is 0 Å². The molecule has 0 atom stereocenters. The molecule has 0 aliphatic heterocycles. The lowest BCUT2D eigenvalue weighted by Gasteiger charge is -2.12. The fourth-order valence-corrected chi connectivity index (χ4v) is 2.71. The molecule has 1 aromatic heterocycles.